The summed E-state index contributed by atoms with van der Waals surface area (Å²) in [6.45, 7) is 0.545. The van der Waals surface area contributed by atoms with Crippen LogP contribution in [-0.2, 0) is 23.2 Å². The molecule has 1 aliphatic rings. The third-order valence-corrected chi connectivity index (χ3v) is 4.60. The van der Waals surface area contributed by atoms with Crippen LogP contribution in [0.4, 0.5) is 10.5 Å². The van der Waals surface area contributed by atoms with Gasteiger partial charge in [-0.1, -0.05) is 30.3 Å². The number of hydrogen-bond acceptors (Lipinski definition) is 4. The molecule has 2 aromatic rings. The molecule has 2 atom stereocenters. The van der Waals surface area contributed by atoms with Crippen LogP contribution in [0, 0.1) is 0 Å². The molecule has 26 heavy (non-hydrogen) atoms. The quantitative estimate of drug-likeness (QED) is 0.829. The van der Waals surface area contributed by atoms with Crippen molar-refractivity contribution in [2.24, 2.45) is 7.05 Å². The first-order valence-corrected chi connectivity index (χ1v) is 8.62. The molecule has 1 saturated heterocycles. The van der Waals surface area contributed by atoms with Gasteiger partial charge in [0.05, 0.1) is 5.69 Å². The number of anilines is 1. The van der Waals surface area contributed by atoms with Crippen LogP contribution in [0.15, 0.2) is 48.8 Å². The fourth-order valence-electron chi connectivity index (χ4n) is 3.33. The zero-order valence-electron chi connectivity index (χ0n) is 14.7. The first-order chi connectivity index (χ1) is 12.5. The van der Waals surface area contributed by atoms with Crippen molar-refractivity contribution in [1.29, 1.82) is 0 Å². The smallest absolute Gasteiger partial charge is 0.407 e. The van der Waals surface area contributed by atoms with E-state index in [1.165, 1.54) is 0 Å². The minimum Gasteiger partial charge on any atom is -0.480 e. The van der Waals surface area contributed by atoms with Gasteiger partial charge in [0.1, 0.15) is 12.6 Å². The highest BCUT2D eigenvalue weighted by Crippen LogP contribution is 2.30. The molecule has 0 aliphatic carbocycles. The minimum absolute atomic E-state index is 0.0808. The maximum atomic E-state index is 12.0. The standard InChI is InChI=1S/C19H23N3O4/c1-21-10-9-16(12-21)22-15(7-8-17(22)18(23)24)11-20-19(25)26-13-14-5-3-2-4-6-14/h2-6,9-10,12,15,17H,7-8,11,13H2,1H3,(H,20,25)(H,23,24)/t15-,17+/m1/s1. The summed E-state index contributed by atoms with van der Waals surface area (Å²) in [6, 6.07) is 10.7. The lowest BCUT2D eigenvalue weighted by Gasteiger charge is -2.29. The van der Waals surface area contributed by atoms with Gasteiger partial charge in [-0.3, -0.25) is 0 Å². The predicted octanol–water partition coefficient (Wildman–Crippen LogP) is 2.37. The molecule has 3 rings (SSSR count). The topological polar surface area (TPSA) is 83.8 Å². The predicted molar refractivity (Wildman–Crippen MR) is 97.0 cm³/mol. The lowest BCUT2D eigenvalue weighted by Crippen LogP contribution is -2.46. The number of carbonyl (C=O) groups is 2. The number of benzene rings is 1. The molecular formula is C19H23N3O4. The summed E-state index contributed by atoms with van der Waals surface area (Å²) < 4.78 is 7.10. The van der Waals surface area contributed by atoms with Gasteiger partial charge in [0.2, 0.25) is 0 Å². The van der Waals surface area contributed by atoms with E-state index in [2.05, 4.69) is 5.32 Å². The van der Waals surface area contributed by atoms with E-state index in [1.807, 2.05) is 65.3 Å². The van der Waals surface area contributed by atoms with Gasteiger partial charge in [0.15, 0.2) is 0 Å². The van der Waals surface area contributed by atoms with Crippen LogP contribution in [0.3, 0.4) is 0 Å². The highest BCUT2D eigenvalue weighted by atomic mass is 16.5. The van der Waals surface area contributed by atoms with Gasteiger partial charge in [0, 0.05) is 32.0 Å². The van der Waals surface area contributed by atoms with Gasteiger partial charge in [-0.2, -0.15) is 0 Å². The Morgan fingerprint density at radius 1 is 1.23 bits per heavy atom. The second-order valence-electron chi connectivity index (χ2n) is 6.47. The fourth-order valence-corrected chi connectivity index (χ4v) is 3.33. The number of carboxylic acids is 1. The Labute approximate surface area is 152 Å². The van der Waals surface area contributed by atoms with Crippen LogP contribution in [0.5, 0.6) is 0 Å². The number of hydrogen-bond donors (Lipinski definition) is 2. The van der Waals surface area contributed by atoms with E-state index in [4.69, 9.17) is 4.74 Å². The second-order valence-corrected chi connectivity index (χ2v) is 6.47. The van der Waals surface area contributed by atoms with Gasteiger partial charge in [0.25, 0.3) is 0 Å². The highest BCUT2D eigenvalue weighted by Gasteiger charge is 2.38. The monoisotopic (exact) mass is 357 g/mol. The van der Waals surface area contributed by atoms with Gasteiger partial charge in [-0.15, -0.1) is 0 Å². The number of carbonyl (C=O) groups excluding carboxylic acids is 1. The molecule has 1 aromatic heterocycles. The van der Waals surface area contributed by atoms with Crippen molar-refractivity contribution in [3.63, 3.8) is 0 Å². The summed E-state index contributed by atoms with van der Waals surface area (Å²) >= 11 is 0. The van der Waals surface area contributed by atoms with Crippen molar-refractivity contribution >= 4 is 17.7 Å². The van der Waals surface area contributed by atoms with Crippen molar-refractivity contribution in [2.45, 2.75) is 31.5 Å². The van der Waals surface area contributed by atoms with Gasteiger partial charge >= 0.3 is 12.1 Å². The van der Waals surface area contributed by atoms with Gasteiger partial charge < -0.3 is 24.6 Å². The van der Waals surface area contributed by atoms with Crippen molar-refractivity contribution < 1.29 is 19.4 Å². The molecule has 1 amide bonds. The summed E-state index contributed by atoms with van der Waals surface area (Å²) in [7, 11) is 1.89. The summed E-state index contributed by atoms with van der Waals surface area (Å²) in [5.41, 5.74) is 1.77. The Balaban J connectivity index is 1.57. The van der Waals surface area contributed by atoms with Gasteiger partial charge in [-0.25, -0.2) is 9.59 Å². The Kier molecular flexibility index (Phi) is 5.46. The molecule has 1 aromatic carbocycles. The number of nitrogens with zero attached hydrogens (tertiary/aromatic N) is 2. The Morgan fingerprint density at radius 3 is 2.65 bits per heavy atom. The molecular weight excluding hydrogens is 334 g/mol. The molecule has 2 heterocycles. The molecule has 0 radical (unpaired) electrons. The van der Waals surface area contributed by atoms with Crippen molar-refractivity contribution in [3.8, 4) is 0 Å². The number of alkyl carbamates (subject to hydrolysis) is 1. The van der Waals surface area contributed by atoms with E-state index in [0.29, 0.717) is 19.4 Å². The van der Waals surface area contributed by atoms with E-state index in [9.17, 15) is 14.7 Å². The average molecular weight is 357 g/mol. The molecule has 0 spiro atoms. The largest absolute Gasteiger partial charge is 0.480 e. The first-order valence-electron chi connectivity index (χ1n) is 8.62. The number of ether oxygens (including phenoxy) is 1. The molecule has 0 unspecified atom stereocenters. The van der Waals surface area contributed by atoms with E-state index < -0.39 is 18.1 Å². The summed E-state index contributed by atoms with van der Waals surface area (Å²) in [5, 5.41) is 12.3. The average Bonchev–Trinajstić information content (AvgIpc) is 3.24. The van der Waals surface area contributed by atoms with Crippen LogP contribution < -0.4 is 10.2 Å². The fraction of sp³-hybridized carbons (Fsp3) is 0.368. The van der Waals surface area contributed by atoms with Crippen LogP contribution in [0.25, 0.3) is 0 Å². The number of aliphatic carboxylic acids is 1. The normalized spacial score (nSPS) is 19.3. The molecule has 2 N–H and O–H groups in total. The summed E-state index contributed by atoms with van der Waals surface area (Å²) in [4.78, 5) is 25.4. The lowest BCUT2D eigenvalue weighted by molar-refractivity contribution is -0.138. The SMILES string of the molecule is Cn1ccc(N2[C@@H](CNC(=O)OCc3ccccc3)CC[C@H]2C(=O)O)c1. The zero-order chi connectivity index (χ0) is 18.5. The van der Waals surface area contributed by atoms with E-state index in [-0.39, 0.29) is 12.6 Å². The van der Waals surface area contributed by atoms with E-state index in [0.717, 1.165) is 11.3 Å². The van der Waals surface area contributed by atoms with Crippen LogP contribution in [0.2, 0.25) is 0 Å². The second kappa shape index (κ2) is 7.95. The minimum atomic E-state index is -0.844. The van der Waals surface area contributed by atoms with Crippen molar-refractivity contribution in [3.05, 3.63) is 54.4 Å². The molecule has 138 valence electrons. The molecule has 1 fully saturated rings. The molecule has 7 heteroatoms. The number of amides is 1. The van der Waals surface area contributed by atoms with E-state index >= 15 is 0 Å². The van der Waals surface area contributed by atoms with Gasteiger partial charge in [-0.05, 0) is 24.5 Å². The Hall–Kier alpha value is -2.96. The summed E-state index contributed by atoms with van der Waals surface area (Å²) in [6.07, 6.45) is 4.52. The maximum Gasteiger partial charge on any atom is 0.407 e. The number of rotatable bonds is 6. The number of aryl methyl sites for hydroxylation is 1. The summed E-state index contributed by atoms with van der Waals surface area (Å²) in [5.74, 6) is -0.844. The van der Waals surface area contributed by atoms with Crippen LogP contribution in [0.1, 0.15) is 18.4 Å². The number of aromatic nitrogens is 1. The Morgan fingerprint density at radius 2 is 2.00 bits per heavy atom. The molecule has 7 nitrogen and oxygen atoms in total. The van der Waals surface area contributed by atoms with Crippen molar-refractivity contribution in [2.75, 3.05) is 11.4 Å². The number of nitrogens with one attached hydrogen (secondary N) is 1. The maximum absolute atomic E-state index is 12.0. The van der Waals surface area contributed by atoms with Crippen LogP contribution >= 0.6 is 0 Å². The lowest BCUT2D eigenvalue weighted by atomic mass is 10.2. The molecule has 1 aliphatic heterocycles. The number of carboxylic acid groups (broad SMARTS) is 1. The molecule has 0 bridgehead atoms. The molecule has 0 saturated carbocycles. The Bertz CT molecular complexity index is 759. The van der Waals surface area contributed by atoms with E-state index in [1.54, 1.807) is 0 Å². The first kappa shape index (κ1) is 17.8. The third-order valence-electron chi connectivity index (χ3n) is 4.60. The van der Waals surface area contributed by atoms with Crippen LogP contribution in [-0.4, -0.2) is 40.4 Å². The highest BCUT2D eigenvalue weighted by molar-refractivity contribution is 5.79. The zero-order valence-corrected chi connectivity index (χ0v) is 14.7. The van der Waals surface area contributed by atoms with Crippen molar-refractivity contribution in [1.82, 2.24) is 9.88 Å². The third kappa shape index (κ3) is 4.17.